The monoisotopic (exact) mass is 450 g/mol. The first-order chi connectivity index (χ1) is 14.8. The maximum atomic E-state index is 10.2. The summed E-state index contributed by atoms with van der Waals surface area (Å²) in [6.07, 6.45) is -4.26. The van der Waals surface area contributed by atoms with Gasteiger partial charge in [-0.25, -0.2) is 0 Å². The molecule has 2 N–H and O–H groups in total. The van der Waals surface area contributed by atoms with Crippen molar-refractivity contribution in [3.8, 4) is 0 Å². The highest BCUT2D eigenvalue weighted by Gasteiger charge is 2.45. The van der Waals surface area contributed by atoms with Gasteiger partial charge in [-0.15, -0.1) is 0 Å². The molecule has 12 atom stereocenters. The lowest BCUT2D eigenvalue weighted by Gasteiger charge is -2.45. The van der Waals surface area contributed by atoms with Crippen molar-refractivity contribution in [3.63, 3.8) is 0 Å². The Morgan fingerprint density at radius 3 is 1.61 bits per heavy atom. The van der Waals surface area contributed by atoms with Gasteiger partial charge in [0, 0.05) is 40.6 Å². The van der Waals surface area contributed by atoms with E-state index in [1.165, 1.54) is 0 Å². The maximum Gasteiger partial charge on any atom is 0.161 e. The Labute approximate surface area is 184 Å². The summed E-state index contributed by atoms with van der Waals surface area (Å²) in [6.45, 7) is 5.54. The van der Waals surface area contributed by atoms with Crippen LogP contribution in [-0.4, -0.2) is 105 Å². The van der Waals surface area contributed by atoms with Crippen LogP contribution >= 0.6 is 0 Å². The molecular formula is C21H38O10. The first-order valence-corrected chi connectivity index (χ1v) is 11.0. The van der Waals surface area contributed by atoms with E-state index in [4.69, 9.17) is 37.9 Å². The third-order valence-corrected chi connectivity index (χ3v) is 6.43. The van der Waals surface area contributed by atoms with Gasteiger partial charge in [-0.1, -0.05) is 0 Å². The minimum atomic E-state index is -0.872. The quantitative estimate of drug-likeness (QED) is 0.570. The maximum absolute atomic E-state index is 10.2. The zero-order valence-corrected chi connectivity index (χ0v) is 19.2. The molecule has 3 rings (SSSR count). The Balaban J connectivity index is 1.60. The molecule has 0 saturated carbocycles. The standard InChI is InChI=1S/C21H38O10/c1-10-19(23)13(24-4)8-17(28-10)30-21-12(3)29-18(9-15(21)26-6)31-20-11(2)27-16(22)7-14(20)25-5/h10-23H,7-9H2,1-6H3/t10-,11+,12+,13-,14-,15-,16+,17+,18-,19-,20+,21+/m1/s1. The van der Waals surface area contributed by atoms with Gasteiger partial charge in [0.1, 0.15) is 18.3 Å². The topological polar surface area (TPSA) is 114 Å². The van der Waals surface area contributed by atoms with Crippen molar-refractivity contribution in [2.75, 3.05) is 21.3 Å². The van der Waals surface area contributed by atoms with Crippen molar-refractivity contribution in [2.45, 2.75) is 114 Å². The Morgan fingerprint density at radius 1 is 0.613 bits per heavy atom. The highest BCUT2D eigenvalue weighted by molar-refractivity contribution is 4.88. The molecule has 0 radical (unpaired) electrons. The molecule has 0 aliphatic carbocycles. The average Bonchev–Trinajstić information content (AvgIpc) is 2.73. The fourth-order valence-corrected chi connectivity index (χ4v) is 4.64. The van der Waals surface area contributed by atoms with Gasteiger partial charge >= 0.3 is 0 Å². The van der Waals surface area contributed by atoms with E-state index in [1.807, 2.05) is 13.8 Å². The van der Waals surface area contributed by atoms with Crippen LogP contribution in [0.3, 0.4) is 0 Å². The van der Waals surface area contributed by atoms with E-state index in [0.29, 0.717) is 19.3 Å². The first-order valence-electron chi connectivity index (χ1n) is 11.0. The Bertz CT molecular complexity index is 550. The van der Waals surface area contributed by atoms with Gasteiger partial charge in [0.2, 0.25) is 0 Å². The van der Waals surface area contributed by atoms with Gasteiger partial charge in [-0.2, -0.15) is 0 Å². The van der Waals surface area contributed by atoms with Crippen LogP contribution in [0, 0.1) is 0 Å². The summed E-state index contributed by atoms with van der Waals surface area (Å²) in [5.41, 5.74) is 0. The highest BCUT2D eigenvalue weighted by atomic mass is 16.7. The van der Waals surface area contributed by atoms with Gasteiger partial charge in [0.15, 0.2) is 18.9 Å². The van der Waals surface area contributed by atoms with Crippen LogP contribution in [0.1, 0.15) is 40.0 Å². The molecule has 182 valence electrons. The summed E-state index contributed by atoms with van der Waals surface area (Å²) >= 11 is 0. The molecule has 0 spiro atoms. The van der Waals surface area contributed by atoms with Crippen LogP contribution in [0.25, 0.3) is 0 Å². The third kappa shape index (κ3) is 5.94. The van der Waals surface area contributed by atoms with Crippen molar-refractivity contribution in [1.29, 1.82) is 0 Å². The van der Waals surface area contributed by atoms with E-state index >= 15 is 0 Å². The van der Waals surface area contributed by atoms with E-state index in [2.05, 4.69) is 0 Å². The molecule has 31 heavy (non-hydrogen) atoms. The van der Waals surface area contributed by atoms with Crippen LogP contribution in [0.5, 0.6) is 0 Å². The predicted molar refractivity (Wildman–Crippen MR) is 107 cm³/mol. The summed E-state index contributed by atoms with van der Waals surface area (Å²) in [5, 5.41) is 20.0. The lowest BCUT2D eigenvalue weighted by Crippen LogP contribution is -2.56. The third-order valence-electron chi connectivity index (χ3n) is 6.43. The predicted octanol–water partition coefficient (Wildman–Crippen LogP) is 0.560. The van der Waals surface area contributed by atoms with Crippen molar-refractivity contribution in [2.24, 2.45) is 0 Å². The lowest BCUT2D eigenvalue weighted by atomic mass is 9.99. The van der Waals surface area contributed by atoms with Gasteiger partial charge < -0.3 is 48.1 Å². The van der Waals surface area contributed by atoms with Gasteiger partial charge in [-0.05, 0) is 20.8 Å². The summed E-state index contributed by atoms with van der Waals surface area (Å²) < 4.78 is 46.4. The van der Waals surface area contributed by atoms with Crippen LogP contribution in [-0.2, 0) is 37.9 Å². The van der Waals surface area contributed by atoms with E-state index in [-0.39, 0.29) is 42.7 Å². The molecule has 0 aromatic rings. The van der Waals surface area contributed by atoms with Gasteiger partial charge in [0.05, 0.1) is 36.6 Å². The number of aliphatic hydroxyl groups excluding tert-OH is 2. The van der Waals surface area contributed by atoms with E-state index < -0.39 is 31.1 Å². The molecule has 0 aromatic carbocycles. The summed E-state index contributed by atoms with van der Waals surface area (Å²) in [4.78, 5) is 0. The molecule has 3 fully saturated rings. The molecule has 10 nitrogen and oxygen atoms in total. The van der Waals surface area contributed by atoms with Crippen LogP contribution in [0.2, 0.25) is 0 Å². The SMILES string of the molecule is CO[C@@H]1C[C@H](O[C@H]2[C@H](C)O[C@H](O[C@H]3[C@H](C)O[C@H](O)C[C@H]3OC)C[C@H]2OC)O[C@H](C)[C@H]1O. The zero-order chi connectivity index (χ0) is 22.7. The van der Waals surface area contributed by atoms with Crippen LogP contribution < -0.4 is 0 Å². The second-order valence-electron chi connectivity index (χ2n) is 8.56. The number of hydrogen-bond donors (Lipinski definition) is 2. The average molecular weight is 451 g/mol. The van der Waals surface area contributed by atoms with Crippen molar-refractivity contribution < 1.29 is 48.1 Å². The summed E-state index contributed by atoms with van der Waals surface area (Å²) in [5.74, 6) is 0. The van der Waals surface area contributed by atoms with Gasteiger partial charge in [-0.3, -0.25) is 0 Å². The zero-order valence-electron chi connectivity index (χ0n) is 19.2. The second-order valence-corrected chi connectivity index (χ2v) is 8.56. The first kappa shape index (κ1) is 25.2. The van der Waals surface area contributed by atoms with E-state index in [0.717, 1.165) is 0 Å². The van der Waals surface area contributed by atoms with E-state index in [1.54, 1.807) is 28.3 Å². The molecule has 3 aliphatic heterocycles. The molecular weight excluding hydrogens is 412 g/mol. The normalized spacial score (nSPS) is 49.2. The Kier molecular flexibility index (Phi) is 9.07. The number of methoxy groups -OCH3 is 3. The summed E-state index contributed by atoms with van der Waals surface area (Å²) in [6, 6.07) is 0. The minimum absolute atomic E-state index is 0.285. The van der Waals surface area contributed by atoms with Crippen molar-refractivity contribution >= 4 is 0 Å². The fourth-order valence-electron chi connectivity index (χ4n) is 4.64. The molecule has 0 bridgehead atoms. The highest BCUT2D eigenvalue weighted by Crippen LogP contribution is 2.33. The molecule has 3 heterocycles. The lowest BCUT2D eigenvalue weighted by molar-refractivity contribution is -0.334. The fraction of sp³-hybridized carbons (Fsp3) is 1.00. The number of aliphatic hydroxyl groups is 2. The summed E-state index contributed by atoms with van der Waals surface area (Å²) in [7, 11) is 4.79. The Hall–Kier alpha value is -0.400. The van der Waals surface area contributed by atoms with Crippen molar-refractivity contribution in [1.82, 2.24) is 0 Å². The molecule has 0 aromatic heterocycles. The number of rotatable bonds is 7. The molecule has 3 aliphatic rings. The van der Waals surface area contributed by atoms with Crippen molar-refractivity contribution in [3.05, 3.63) is 0 Å². The molecule has 0 unspecified atom stereocenters. The van der Waals surface area contributed by atoms with Gasteiger partial charge in [0.25, 0.3) is 0 Å². The largest absolute Gasteiger partial charge is 0.388 e. The molecule has 3 saturated heterocycles. The number of hydrogen-bond acceptors (Lipinski definition) is 10. The molecule has 10 heteroatoms. The minimum Gasteiger partial charge on any atom is -0.388 e. The molecule has 0 amide bonds. The van der Waals surface area contributed by atoms with E-state index in [9.17, 15) is 10.2 Å². The smallest absolute Gasteiger partial charge is 0.161 e. The number of ether oxygens (including phenoxy) is 8. The Morgan fingerprint density at radius 2 is 1.06 bits per heavy atom. The van der Waals surface area contributed by atoms with Crippen LogP contribution in [0.15, 0.2) is 0 Å². The van der Waals surface area contributed by atoms with Crippen LogP contribution in [0.4, 0.5) is 0 Å². The second kappa shape index (κ2) is 11.1.